The predicted molar refractivity (Wildman–Crippen MR) is 120 cm³/mol. The summed E-state index contributed by atoms with van der Waals surface area (Å²) in [6.45, 7) is 6.21. The van der Waals surface area contributed by atoms with Crippen LogP contribution in [0.4, 0.5) is 5.69 Å². The topological polar surface area (TPSA) is 50.8 Å². The minimum atomic E-state index is -1.03. The van der Waals surface area contributed by atoms with Gasteiger partial charge in [0.15, 0.2) is 5.11 Å². The molecule has 4 rings (SSSR count). The number of hydrogen-bond acceptors (Lipinski definition) is 4. The van der Waals surface area contributed by atoms with E-state index in [1.165, 1.54) is 12.7 Å². The highest BCUT2D eigenvalue weighted by Crippen LogP contribution is 2.50. The van der Waals surface area contributed by atoms with Crippen LogP contribution in [-0.4, -0.2) is 23.9 Å². The van der Waals surface area contributed by atoms with Gasteiger partial charge in [-0.05, 0) is 61.0 Å². The fourth-order valence-corrected chi connectivity index (χ4v) is 5.03. The van der Waals surface area contributed by atoms with Gasteiger partial charge in [0.25, 0.3) is 0 Å². The summed E-state index contributed by atoms with van der Waals surface area (Å²) in [5, 5.41) is 3.88. The number of ether oxygens (including phenoxy) is 2. The first-order valence-corrected chi connectivity index (χ1v) is 10.7. The molecule has 5 nitrogen and oxygen atoms in total. The number of anilines is 1. The zero-order valence-electron chi connectivity index (χ0n) is 16.7. The highest BCUT2D eigenvalue weighted by atomic mass is 79.9. The monoisotopic (exact) mass is 474 g/mol. The summed E-state index contributed by atoms with van der Waals surface area (Å²) in [5.41, 5.74) is 1.95. The van der Waals surface area contributed by atoms with Gasteiger partial charge in [0, 0.05) is 15.7 Å². The number of thiocarbonyl (C=S) groups is 1. The van der Waals surface area contributed by atoms with Crippen molar-refractivity contribution < 1.29 is 14.3 Å². The number of esters is 1. The van der Waals surface area contributed by atoms with Crippen molar-refractivity contribution in [2.45, 2.75) is 38.5 Å². The van der Waals surface area contributed by atoms with E-state index in [0.717, 1.165) is 21.5 Å². The molecule has 29 heavy (non-hydrogen) atoms. The van der Waals surface area contributed by atoms with Crippen LogP contribution in [0.2, 0.25) is 0 Å². The molecule has 1 fully saturated rings. The number of benzene rings is 2. The Bertz CT molecular complexity index is 979. The van der Waals surface area contributed by atoms with Crippen molar-refractivity contribution in [2.24, 2.45) is 5.92 Å². The number of carbonyl (C=O) groups is 1. The Hall–Kier alpha value is -2.12. The maximum atomic E-state index is 12.9. The standard InChI is InChI=1S/C22H23BrN2O3S/c1-12(2)13-5-8-15(9-6-13)25-21(29)24-19-16-11-14(23)7-10-17(16)28-22(25,3)18(19)20(26)27-4/h5-12,18-19H,1-4H3,(H,24,29)/t18-,19+,22+/m1/s1. The second-order valence-electron chi connectivity index (χ2n) is 7.85. The van der Waals surface area contributed by atoms with Gasteiger partial charge in [-0.15, -0.1) is 0 Å². The average Bonchev–Trinajstić information content (AvgIpc) is 2.68. The first kappa shape index (κ1) is 20.2. The fraction of sp³-hybridized carbons (Fsp3) is 0.364. The summed E-state index contributed by atoms with van der Waals surface area (Å²) < 4.78 is 12.5. The molecule has 7 heteroatoms. The predicted octanol–water partition coefficient (Wildman–Crippen LogP) is 4.91. The lowest BCUT2D eigenvalue weighted by Crippen LogP contribution is -2.71. The summed E-state index contributed by atoms with van der Waals surface area (Å²) in [5.74, 6) is 0.196. The lowest BCUT2D eigenvalue weighted by Gasteiger charge is -2.55. The summed E-state index contributed by atoms with van der Waals surface area (Å²) in [4.78, 5) is 14.8. The van der Waals surface area contributed by atoms with Gasteiger partial charge in [0.2, 0.25) is 5.72 Å². The SMILES string of the molecule is COC(=O)[C@H]1[C@H]2NC(=S)N(c3ccc(C(C)C)cc3)[C@@]1(C)Oc1ccc(Br)cc12. The van der Waals surface area contributed by atoms with E-state index in [2.05, 4.69) is 47.2 Å². The van der Waals surface area contributed by atoms with Crippen LogP contribution < -0.4 is 15.0 Å². The van der Waals surface area contributed by atoms with Crippen LogP contribution >= 0.6 is 28.1 Å². The molecule has 2 heterocycles. The minimum absolute atomic E-state index is 0.340. The van der Waals surface area contributed by atoms with E-state index >= 15 is 0 Å². The average molecular weight is 475 g/mol. The van der Waals surface area contributed by atoms with Gasteiger partial charge in [0.1, 0.15) is 11.7 Å². The van der Waals surface area contributed by atoms with Crippen LogP contribution in [0.5, 0.6) is 5.75 Å². The third kappa shape index (κ3) is 3.20. The third-order valence-corrected chi connectivity index (χ3v) is 6.53. The van der Waals surface area contributed by atoms with Crippen molar-refractivity contribution in [1.82, 2.24) is 5.32 Å². The van der Waals surface area contributed by atoms with Gasteiger partial charge in [-0.1, -0.05) is 41.9 Å². The molecule has 0 aliphatic carbocycles. The van der Waals surface area contributed by atoms with Crippen LogP contribution in [0.3, 0.4) is 0 Å². The molecular formula is C22H23BrN2O3S. The number of nitrogens with one attached hydrogen (secondary N) is 1. The van der Waals surface area contributed by atoms with E-state index in [9.17, 15) is 4.79 Å². The van der Waals surface area contributed by atoms with Crippen LogP contribution in [0.15, 0.2) is 46.9 Å². The summed E-state index contributed by atoms with van der Waals surface area (Å²) >= 11 is 9.24. The quantitative estimate of drug-likeness (QED) is 0.503. The normalized spacial score (nSPS) is 25.2. The molecule has 0 unspecified atom stereocenters. The van der Waals surface area contributed by atoms with Crippen LogP contribution in [0, 0.1) is 5.92 Å². The first-order valence-electron chi connectivity index (χ1n) is 9.53. The molecule has 0 saturated carbocycles. The number of nitrogens with zero attached hydrogens (tertiary/aromatic N) is 1. The van der Waals surface area contributed by atoms with Crippen molar-refractivity contribution in [1.29, 1.82) is 0 Å². The molecule has 0 radical (unpaired) electrons. The van der Waals surface area contributed by atoms with Crippen molar-refractivity contribution >= 4 is 44.9 Å². The molecule has 3 atom stereocenters. The first-order chi connectivity index (χ1) is 13.8. The molecule has 2 aliphatic rings. The second kappa shape index (κ2) is 7.29. The molecule has 2 bridgehead atoms. The minimum Gasteiger partial charge on any atom is -0.469 e. The molecule has 0 amide bonds. The zero-order valence-corrected chi connectivity index (χ0v) is 19.1. The maximum Gasteiger partial charge on any atom is 0.317 e. The zero-order chi connectivity index (χ0) is 20.9. The Kier molecular flexibility index (Phi) is 5.07. The summed E-state index contributed by atoms with van der Waals surface area (Å²) in [6.07, 6.45) is 0. The van der Waals surface area contributed by atoms with E-state index in [1.807, 2.05) is 42.2 Å². The number of hydrogen-bond donors (Lipinski definition) is 1. The molecule has 2 aliphatic heterocycles. The van der Waals surface area contributed by atoms with E-state index in [4.69, 9.17) is 21.7 Å². The van der Waals surface area contributed by atoms with Gasteiger partial charge in [0.05, 0.1) is 13.2 Å². The van der Waals surface area contributed by atoms with E-state index in [1.54, 1.807) is 0 Å². The smallest absolute Gasteiger partial charge is 0.317 e. The number of fused-ring (bicyclic) bond motifs is 4. The number of halogens is 1. The molecule has 1 saturated heterocycles. The van der Waals surface area contributed by atoms with Crippen LogP contribution in [0.1, 0.15) is 43.9 Å². The van der Waals surface area contributed by atoms with Gasteiger partial charge < -0.3 is 14.8 Å². The second-order valence-corrected chi connectivity index (χ2v) is 9.15. The van der Waals surface area contributed by atoms with Gasteiger partial charge in [-0.25, -0.2) is 0 Å². The summed E-state index contributed by atoms with van der Waals surface area (Å²) in [7, 11) is 1.40. The maximum absolute atomic E-state index is 12.9. The van der Waals surface area contributed by atoms with Gasteiger partial charge >= 0.3 is 5.97 Å². The van der Waals surface area contributed by atoms with Crippen molar-refractivity contribution in [3.05, 3.63) is 58.1 Å². The van der Waals surface area contributed by atoms with Crippen LogP contribution in [-0.2, 0) is 9.53 Å². The molecular weight excluding hydrogens is 452 g/mol. The Morgan fingerprint density at radius 3 is 2.59 bits per heavy atom. The Morgan fingerprint density at radius 2 is 1.97 bits per heavy atom. The molecule has 0 aromatic heterocycles. The Balaban J connectivity index is 1.86. The van der Waals surface area contributed by atoms with E-state index < -0.39 is 11.6 Å². The Labute approximate surface area is 184 Å². The van der Waals surface area contributed by atoms with Crippen molar-refractivity contribution in [3.8, 4) is 5.75 Å². The fourth-order valence-electron chi connectivity index (χ4n) is 4.24. The molecule has 0 spiro atoms. The largest absolute Gasteiger partial charge is 0.469 e. The van der Waals surface area contributed by atoms with E-state index in [0.29, 0.717) is 11.0 Å². The number of rotatable bonds is 3. The lowest BCUT2D eigenvalue weighted by atomic mass is 9.79. The van der Waals surface area contributed by atoms with Crippen LogP contribution in [0.25, 0.3) is 0 Å². The van der Waals surface area contributed by atoms with Gasteiger partial charge in [-0.3, -0.25) is 9.69 Å². The molecule has 1 N–H and O–H groups in total. The Morgan fingerprint density at radius 1 is 1.28 bits per heavy atom. The van der Waals surface area contributed by atoms with Crippen molar-refractivity contribution in [2.75, 3.05) is 12.0 Å². The van der Waals surface area contributed by atoms with Crippen molar-refractivity contribution in [3.63, 3.8) is 0 Å². The molecule has 2 aromatic rings. The highest BCUT2D eigenvalue weighted by molar-refractivity contribution is 9.10. The lowest BCUT2D eigenvalue weighted by molar-refractivity contribution is -0.157. The number of methoxy groups -OCH3 is 1. The highest BCUT2D eigenvalue weighted by Gasteiger charge is 2.59. The number of carbonyl (C=O) groups excluding carboxylic acids is 1. The van der Waals surface area contributed by atoms with E-state index in [-0.39, 0.29) is 12.0 Å². The van der Waals surface area contributed by atoms with Gasteiger partial charge in [-0.2, -0.15) is 0 Å². The third-order valence-electron chi connectivity index (χ3n) is 5.73. The summed E-state index contributed by atoms with van der Waals surface area (Å²) in [6, 6.07) is 13.7. The molecule has 2 aromatic carbocycles. The molecule has 152 valence electrons.